The molecule has 172 valence electrons. The van der Waals surface area contributed by atoms with Gasteiger partial charge in [-0.05, 0) is 36.4 Å². The number of rotatable bonds is 4. The van der Waals surface area contributed by atoms with E-state index in [1.807, 2.05) is 110 Å². The average Bonchev–Trinajstić information content (AvgIpc) is 2.99. The van der Waals surface area contributed by atoms with Gasteiger partial charge in [-0.2, -0.15) is 9.97 Å². The van der Waals surface area contributed by atoms with Crippen LogP contribution in [-0.4, -0.2) is 23.1 Å². The van der Waals surface area contributed by atoms with Gasteiger partial charge in [0.15, 0.2) is 24.8 Å². The van der Waals surface area contributed by atoms with Crippen LogP contribution in [0.1, 0.15) is 0 Å². The van der Waals surface area contributed by atoms with Gasteiger partial charge in [0.2, 0.25) is 0 Å². The fourth-order valence-electron chi connectivity index (χ4n) is 3.81. The van der Waals surface area contributed by atoms with Crippen LogP contribution in [0, 0.1) is 0 Å². The summed E-state index contributed by atoms with van der Waals surface area (Å²) in [4.78, 5) is 19.7. The van der Waals surface area contributed by atoms with Crippen molar-refractivity contribution < 1.29 is 29.9 Å². The summed E-state index contributed by atoms with van der Waals surface area (Å²) >= 11 is 0. The first-order valence-electron chi connectivity index (χ1n) is 11.8. The SMILES string of the molecule is [Mg+2].c1ccc(-c2cccc(-c3cccc[nH+]3)[nH+]2)[nH+]c1.c1ccc(-c2cccc(-c3cccc[nH+]3)[nH+]2)[nH+]c1. The van der Waals surface area contributed by atoms with Crippen molar-refractivity contribution in [3.8, 4) is 45.6 Å². The van der Waals surface area contributed by atoms with E-state index in [9.17, 15) is 0 Å². The van der Waals surface area contributed by atoms with Crippen molar-refractivity contribution in [3.05, 3.63) is 134 Å². The Kier molecular flexibility index (Phi) is 9.12. The van der Waals surface area contributed by atoms with Crippen molar-refractivity contribution in [1.29, 1.82) is 0 Å². The molecule has 6 rings (SSSR count). The smallest absolute Gasteiger partial charge is 0.206 e. The molecule has 0 amide bonds. The molecule has 0 saturated heterocycles. The van der Waals surface area contributed by atoms with E-state index in [-0.39, 0.29) is 23.1 Å². The third-order valence-corrected chi connectivity index (χ3v) is 5.59. The molecule has 0 aliphatic heterocycles. The predicted octanol–water partition coefficient (Wildman–Crippen LogP) is 2.54. The molecule has 0 aliphatic rings. The van der Waals surface area contributed by atoms with E-state index >= 15 is 0 Å². The minimum Gasteiger partial charge on any atom is -0.206 e. The van der Waals surface area contributed by atoms with Crippen LogP contribution >= 0.6 is 0 Å². The van der Waals surface area contributed by atoms with Crippen LogP contribution in [0.2, 0.25) is 0 Å². The first kappa shape index (κ1) is 25.8. The monoisotopic (exact) mass is 496 g/mol. The Labute approximate surface area is 231 Å². The van der Waals surface area contributed by atoms with Crippen LogP contribution in [-0.2, 0) is 0 Å². The summed E-state index contributed by atoms with van der Waals surface area (Å²) in [5.41, 5.74) is 8.50. The zero-order chi connectivity index (χ0) is 24.4. The molecular formula is C30H28MgN6+8. The number of hydrogen-bond acceptors (Lipinski definition) is 0. The van der Waals surface area contributed by atoms with Gasteiger partial charge in [-0.25, -0.2) is 19.9 Å². The van der Waals surface area contributed by atoms with E-state index in [1.165, 1.54) is 0 Å². The third-order valence-electron chi connectivity index (χ3n) is 5.59. The number of aromatic amines is 6. The van der Waals surface area contributed by atoms with Gasteiger partial charge in [-0.15, -0.1) is 0 Å². The maximum Gasteiger partial charge on any atom is 2.00 e. The minimum absolute atomic E-state index is 0. The summed E-state index contributed by atoms with van der Waals surface area (Å²) in [5.74, 6) is 0. The van der Waals surface area contributed by atoms with Crippen LogP contribution in [0.5, 0.6) is 0 Å². The molecular weight excluding hydrogens is 469 g/mol. The molecule has 0 aromatic carbocycles. The fourth-order valence-corrected chi connectivity index (χ4v) is 3.81. The first-order chi connectivity index (χ1) is 17.9. The predicted molar refractivity (Wildman–Crippen MR) is 140 cm³/mol. The van der Waals surface area contributed by atoms with Gasteiger partial charge in [0.05, 0.1) is 0 Å². The molecule has 0 saturated carbocycles. The number of hydrogen-bond donors (Lipinski definition) is 0. The Bertz CT molecular complexity index is 1290. The second-order valence-corrected chi connectivity index (χ2v) is 8.06. The summed E-state index contributed by atoms with van der Waals surface area (Å²) < 4.78 is 0. The van der Waals surface area contributed by atoms with Gasteiger partial charge < -0.3 is 0 Å². The first-order valence-corrected chi connectivity index (χ1v) is 11.8. The quantitative estimate of drug-likeness (QED) is 0.336. The van der Waals surface area contributed by atoms with Crippen LogP contribution in [0.4, 0.5) is 0 Å². The van der Waals surface area contributed by atoms with Gasteiger partial charge >= 0.3 is 23.1 Å². The summed E-state index contributed by atoms with van der Waals surface area (Å²) in [7, 11) is 0. The maximum atomic E-state index is 3.41. The van der Waals surface area contributed by atoms with Crippen LogP contribution < -0.4 is 29.9 Å². The van der Waals surface area contributed by atoms with Gasteiger partial charge in [0.1, 0.15) is 0 Å². The van der Waals surface area contributed by atoms with Gasteiger partial charge in [-0.3, -0.25) is 0 Å². The van der Waals surface area contributed by atoms with Crippen molar-refractivity contribution in [1.82, 2.24) is 0 Å². The Hall–Kier alpha value is -4.33. The van der Waals surface area contributed by atoms with Crippen molar-refractivity contribution in [2.75, 3.05) is 0 Å². The van der Waals surface area contributed by atoms with E-state index in [1.54, 1.807) is 0 Å². The molecule has 0 aliphatic carbocycles. The summed E-state index contributed by atoms with van der Waals surface area (Å²) in [6.45, 7) is 0. The largest absolute Gasteiger partial charge is 2.00 e. The van der Waals surface area contributed by atoms with Gasteiger partial charge in [-0.1, -0.05) is 0 Å². The normalized spacial score (nSPS) is 9.95. The summed E-state index contributed by atoms with van der Waals surface area (Å²) in [6.07, 6.45) is 7.68. The number of H-pyrrole nitrogens is 6. The van der Waals surface area contributed by atoms with E-state index < -0.39 is 0 Å². The summed E-state index contributed by atoms with van der Waals surface area (Å²) in [6, 6.07) is 36.4. The standard InChI is InChI=1S/2C15H11N3.Mg/c2*1-3-10-16-12(6-1)14-8-5-9-15(18-14)13-7-2-4-11-17-13;/h2*1-11H;/q;;+2/p+6. The molecule has 0 bridgehead atoms. The average molecular weight is 497 g/mol. The topological polar surface area (TPSA) is 84.8 Å². The fraction of sp³-hybridized carbons (Fsp3) is 0. The zero-order valence-electron chi connectivity index (χ0n) is 20.4. The molecule has 0 unspecified atom stereocenters. The van der Waals surface area contributed by atoms with Crippen molar-refractivity contribution >= 4 is 23.1 Å². The Balaban J connectivity index is 0.000000168. The molecule has 6 aromatic heterocycles. The van der Waals surface area contributed by atoms with Crippen LogP contribution in [0.3, 0.4) is 0 Å². The molecule has 6 nitrogen and oxygen atoms in total. The molecule has 6 aromatic rings. The molecule has 6 N–H and O–H groups in total. The number of nitrogens with one attached hydrogen (secondary N) is 6. The number of aromatic nitrogens is 6. The van der Waals surface area contributed by atoms with Crippen molar-refractivity contribution in [2.24, 2.45) is 0 Å². The molecule has 0 radical (unpaired) electrons. The van der Waals surface area contributed by atoms with E-state index in [4.69, 9.17) is 0 Å². The molecule has 0 fully saturated rings. The minimum atomic E-state index is 0. The van der Waals surface area contributed by atoms with Crippen LogP contribution in [0.15, 0.2) is 134 Å². The second kappa shape index (κ2) is 13.1. The van der Waals surface area contributed by atoms with Crippen molar-refractivity contribution in [2.45, 2.75) is 0 Å². The third kappa shape index (κ3) is 6.88. The van der Waals surface area contributed by atoms with Crippen molar-refractivity contribution in [3.63, 3.8) is 0 Å². The summed E-state index contributed by atoms with van der Waals surface area (Å²) in [5, 5.41) is 0. The molecule has 6 heterocycles. The zero-order valence-corrected chi connectivity index (χ0v) is 21.8. The van der Waals surface area contributed by atoms with Gasteiger partial charge in [0.25, 0.3) is 45.6 Å². The van der Waals surface area contributed by atoms with E-state index in [0.29, 0.717) is 0 Å². The maximum absolute atomic E-state index is 3.41. The molecule has 7 heteroatoms. The van der Waals surface area contributed by atoms with Gasteiger partial charge in [0, 0.05) is 72.8 Å². The van der Waals surface area contributed by atoms with E-state index in [2.05, 4.69) is 54.2 Å². The Morgan fingerprint density at radius 3 is 0.730 bits per heavy atom. The Morgan fingerprint density at radius 1 is 0.270 bits per heavy atom. The molecule has 0 spiro atoms. The molecule has 37 heavy (non-hydrogen) atoms. The van der Waals surface area contributed by atoms with Crippen LogP contribution in [0.25, 0.3) is 45.6 Å². The second-order valence-electron chi connectivity index (χ2n) is 8.06. The number of pyridine rings is 6. The molecule has 0 atom stereocenters. The Morgan fingerprint density at radius 2 is 0.514 bits per heavy atom. The van der Waals surface area contributed by atoms with E-state index in [0.717, 1.165) is 45.6 Å².